The van der Waals surface area contributed by atoms with Crippen LogP contribution in [0.4, 0.5) is 0 Å². The number of benzene rings is 1. The number of piperazine rings is 1. The Hall–Kier alpha value is -1.75. The number of phenolic OH excluding ortho intramolecular Hbond substituents is 1. The van der Waals surface area contributed by atoms with Gasteiger partial charge in [0, 0.05) is 39.3 Å². The van der Waals surface area contributed by atoms with Crippen LogP contribution in [0, 0.1) is 5.92 Å². The first-order chi connectivity index (χ1) is 11.1. The van der Waals surface area contributed by atoms with Gasteiger partial charge in [0.2, 0.25) is 0 Å². The maximum Gasteiger partial charge on any atom is 0.194 e. The van der Waals surface area contributed by atoms with Crippen molar-refractivity contribution >= 4 is 5.96 Å². The number of rotatable bonds is 5. The third-order valence-electron chi connectivity index (χ3n) is 3.98. The van der Waals surface area contributed by atoms with Crippen LogP contribution in [0.3, 0.4) is 0 Å². The lowest BCUT2D eigenvalue weighted by molar-refractivity contribution is 0.164. The van der Waals surface area contributed by atoms with E-state index in [9.17, 15) is 5.11 Å². The zero-order valence-corrected chi connectivity index (χ0v) is 14.6. The summed E-state index contributed by atoms with van der Waals surface area (Å²) in [4.78, 5) is 9.63. The maximum atomic E-state index is 9.35. The molecule has 1 aliphatic heterocycles. The molecule has 1 fully saturated rings. The Balaban J connectivity index is 1.93. The molecule has 2 N–H and O–H groups in total. The van der Waals surface area contributed by atoms with Crippen LogP contribution in [0.2, 0.25) is 0 Å². The van der Waals surface area contributed by atoms with Crippen LogP contribution in [0.5, 0.6) is 5.75 Å². The fraction of sp³-hybridized carbons (Fsp3) is 0.611. The summed E-state index contributed by atoms with van der Waals surface area (Å²) in [5.74, 6) is 2.01. The first-order valence-corrected chi connectivity index (χ1v) is 8.62. The molecule has 23 heavy (non-hydrogen) atoms. The fourth-order valence-corrected chi connectivity index (χ4v) is 2.85. The minimum Gasteiger partial charge on any atom is -0.508 e. The molecule has 0 amide bonds. The molecule has 0 aliphatic carbocycles. The average molecular weight is 318 g/mol. The van der Waals surface area contributed by atoms with Crippen molar-refractivity contribution in [2.75, 3.05) is 39.3 Å². The zero-order chi connectivity index (χ0) is 16.7. The molecule has 0 atom stereocenters. The molecule has 0 saturated carbocycles. The SMILES string of the molecule is CCNC(=NCc1ccc(O)cc1)N1CCN(CC(C)C)CC1. The molecule has 0 aromatic heterocycles. The van der Waals surface area contributed by atoms with Crippen LogP contribution in [-0.2, 0) is 6.54 Å². The average Bonchev–Trinajstić information content (AvgIpc) is 2.53. The molecule has 5 nitrogen and oxygen atoms in total. The van der Waals surface area contributed by atoms with Gasteiger partial charge in [-0.1, -0.05) is 26.0 Å². The van der Waals surface area contributed by atoms with Crippen molar-refractivity contribution in [1.82, 2.24) is 15.1 Å². The van der Waals surface area contributed by atoms with Gasteiger partial charge >= 0.3 is 0 Å². The molecule has 0 radical (unpaired) electrons. The molecule has 0 spiro atoms. The quantitative estimate of drug-likeness (QED) is 0.645. The molecule has 2 rings (SSSR count). The number of aromatic hydroxyl groups is 1. The first kappa shape index (κ1) is 17.6. The summed E-state index contributed by atoms with van der Waals surface area (Å²) in [7, 11) is 0. The van der Waals surface area contributed by atoms with E-state index in [1.54, 1.807) is 12.1 Å². The Morgan fingerprint density at radius 2 is 1.83 bits per heavy atom. The van der Waals surface area contributed by atoms with E-state index in [-0.39, 0.29) is 0 Å². The van der Waals surface area contributed by atoms with Crippen molar-refractivity contribution in [2.45, 2.75) is 27.3 Å². The maximum absolute atomic E-state index is 9.35. The molecular formula is C18H30N4O. The van der Waals surface area contributed by atoms with Crippen molar-refractivity contribution in [3.63, 3.8) is 0 Å². The van der Waals surface area contributed by atoms with Gasteiger partial charge in [0.15, 0.2) is 5.96 Å². The predicted octanol–water partition coefficient (Wildman–Crippen LogP) is 2.13. The standard InChI is InChI=1S/C18H30N4O/c1-4-19-18(20-13-16-5-7-17(23)8-6-16)22-11-9-21(10-12-22)14-15(2)3/h5-8,15,23H,4,9-14H2,1-3H3,(H,19,20). The summed E-state index contributed by atoms with van der Waals surface area (Å²) in [5, 5.41) is 12.7. The Labute approximate surface area is 140 Å². The van der Waals surface area contributed by atoms with Crippen LogP contribution in [0.15, 0.2) is 29.3 Å². The molecule has 1 saturated heterocycles. The number of hydrogen-bond acceptors (Lipinski definition) is 3. The molecule has 5 heteroatoms. The van der Waals surface area contributed by atoms with E-state index in [0.29, 0.717) is 12.3 Å². The molecule has 1 aromatic rings. The minimum atomic E-state index is 0.297. The Kier molecular flexibility index (Phi) is 6.71. The van der Waals surface area contributed by atoms with Crippen LogP contribution in [-0.4, -0.2) is 60.1 Å². The Bertz CT molecular complexity index is 490. The van der Waals surface area contributed by atoms with Crippen molar-refractivity contribution in [1.29, 1.82) is 0 Å². The highest BCUT2D eigenvalue weighted by molar-refractivity contribution is 5.80. The van der Waals surface area contributed by atoms with E-state index in [0.717, 1.165) is 50.2 Å². The lowest BCUT2D eigenvalue weighted by Gasteiger charge is -2.37. The number of phenols is 1. The van der Waals surface area contributed by atoms with E-state index in [4.69, 9.17) is 4.99 Å². The summed E-state index contributed by atoms with van der Waals surface area (Å²) in [6.07, 6.45) is 0. The normalized spacial score (nSPS) is 16.9. The van der Waals surface area contributed by atoms with Crippen LogP contribution in [0.25, 0.3) is 0 Å². The van der Waals surface area contributed by atoms with Gasteiger partial charge in [-0.05, 0) is 30.5 Å². The van der Waals surface area contributed by atoms with E-state index in [1.807, 2.05) is 12.1 Å². The summed E-state index contributed by atoms with van der Waals surface area (Å²) in [6, 6.07) is 7.26. The Morgan fingerprint density at radius 3 is 2.39 bits per heavy atom. The van der Waals surface area contributed by atoms with Crippen LogP contribution in [0.1, 0.15) is 26.3 Å². The highest BCUT2D eigenvalue weighted by atomic mass is 16.3. The molecule has 0 unspecified atom stereocenters. The van der Waals surface area contributed by atoms with Crippen molar-refractivity contribution < 1.29 is 5.11 Å². The summed E-state index contributed by atoms with van der Waals surface area (Å²) < 4.78 is 0. The van der Waals surface area contributed by atoms with Gasteiger partial charge in [0.1, 0.15) is 5.75 Å². The second-order valence-corrected chi connectivity index (χ2v) is 6.52. The number of aliphatic imine (C=N–C) groups is 1. The lowest BCUT2D eigenvalue weighted by Crippen LogP contribution is -2.53. The highest BCUT2D eigenvalue weighted by Gasteiger charge is 2.19. The van der Waals surface area contributed by atoms with Crippen molar-refractivity contribution in [3.05, 3.63) is 29.8 Å². The van der Waals surface area contributed by atoms with Gasteiger partial charge in [0.05, 0.1) is 6.54 Å². The minimum absolute atomic E-state index is 0.297. The smallest absolute Gasteiger partial charge is 0.194 e. The van der Waals surface area contributed by atoms with Gasteiger partial charge in [0.25, 0.3) is 0 Å². The van der Waals surface area contributed by atoms with Gasteiger partial charge in [-0.3, -0.25) is 4.90 Å². The van der Waals surface area contributed by atoms with E-state index in [2.05, 4.69) is 35.9 Å². The second kappa shape index (κ2) is 8.77. The third-order valence-corrected chi connectivity index (χ3v) is 3.98. The van der Waals surface area contributed by atoms with E-state index in [1.165, 1.54) is 6.54 Å². The number of nitrogens with zero attached hydrogens (tertiary/aromatic N) is 3. The fourth-order valence-electron chi connectivity index (χ4n) is 2.85. The summed E-state index contributed by atoms with van der Waals surface area (Å²) in [6.45, 7) is 13.6. The van der Waals surface area contributed by atoms with Gasteiger partial charge in [-0.15, -0.1) is 0 Å². The summed E-state index contributed by atoms with van der Waals surface area (Å²) >= 11 is 0. The highest BCUT2D eigenvalue weighted by Crippen LogP contribution is 2.11. The molecule has 1 heterocycles. The number of guanidine groups is 1. The number of hydrogen-bond donors (Lipinski definition) is 2. The van der Waals surface area contributed by atoms with Gasteiger partial charge in [-0.2, -0.15) is 0 Å². The van der Waals surface area contributed by atoms with Gasteiger partial charge in [-0.25, -0.2) is 4.99 Å². The van der Waals surface area contributed by atoms with Crippen LogP contribution < -0.4 is 5.32 Å². The largest absolute Gasteiger partial charge is 0.508 e. The number of nitrogens with one attached hydrogen (secondary N) is 1. The van der Waals surface area contributed by atoms with Crippen molar-refractivity contribution in [3.8, 4) is 5.75 Å². The monoisotopic (exact) mass is 318 g/mol. The summed E-state index contributed by atoms with van der Waals surface area (Å²) in [5.41, 5.74) is 1.11. The topological polar surface area (TPSA) is 51.1 Å². The zero-order valence-electron chi connectivity index (χ0n) is 14.6. The lowest BCUT2D eigenvalue weighted by atomic mass is 10.2. The second-order valence-electron chi connectivity index (χ2n) is 6.52. The van der Waals surface area contributed by atoms with Crippen molar-refractivity contribution in [2.24, 2.45) is 10.9 Å². The van der Waals surface area contributed by atoms with E-state index < -0.39 is 0 Å². The molecule has 1 aliphatic rings. The molecular weight excluding hydrogens is 288 g/mol. The first-order valence-electron chi connectivity index (χ1n) is 8.62. The predicted molar refractivity (Wildman–Crippen MR) is 95.8 cm³/mol. The Morgan fingerprint density at radius 1 is 1.17 bits per heavy atom. The van der Waals surface area contributed by atoms with Crippen LogP contribution >= 0.6 is 0 Å². The van der Waals surface area contributed by atoms with E-state index >= 15 is 0 Å². The molecule has 1 aromatic carbocycles. The molecule has 0 bridgehead atoms. The molecule has 128 valence electrons. The third kappa shape index (κ3) is 5.75. The van der Waals surface area contributed by atoms with Gasteiger partial charge < -0.3 is 15.3 Å².